The minimum Gasteiger partial charge on any atom is -0.338 e. The van der Waals surface area contributed by atoms with Crippen LogP contribution in [0.5, 0.6) is 0 Å². The molecule has 0 aliphatic heterocycles. The zero-order chi connectivity index (χ0) is 14.3. The Morgan fingerprint density at radius 2 is 2.00 bits per heavy atom. The molecule has 108 valence electrons. The van der Waals surface area contributed by atoms with Crippen molar-refractivity contribution in [3.05, 3.63) is 70.0 Å². The Kier molecular flexibility index (Phi) is 4.76. The summed E-state index contributed by atoms with van der Waals surface area (Å²) in [5.74, 6) is 1.38. The van der Waals surface area contributed by atoms with Gasteiger partial charge in [-0.3, -0.25) is 0 Å². The van der Waals surface area contributed by atoms with Crippen molar-refractivity contribution < 1.29 is 4.52 Å². The third-order valence-electron chi connectivity index (χ3n) is 3.12. The number of hydrogen-bond acceptors (Lipinski definition) is 5. The lowest BCUT2D eigenvalue weighted by atomic mass is 10.1. The molecule has 0 bridgehead atoms. The van der Waals surface area contributed by atoms with Crippen LogP contribution in [0.3, 0.4) is 0 Å². The molecule has 0 amide bonds. The lowest BCUT2D eigenvalue weighted by Gasteiger charge is -1.99. The van der Waals surface area contributed by atoms with Crippen molar-refractivity contribution in [2.75, 3.05) is 6.54 Å². The van der Waals surface area contributed by atoms with Crippen LogP contribution in [0.2, 0.25) is 0 Å². The van der Waals surface area contributed by atoms with Crippen LogP contribution < -0.4 is 5.32 Å². The molecule has 2 heterocycles. The minimum atomic E-state index is 0.618. The van der Waals surface area contributed by atoms with Crippen molar-refractivity contribution in [1.29, 1.82) is 0 Å². The van der Waals surface area contributed by atoms with E-state index in [2.05, 4.69) is 45.1 Å². The van der Waals surface area contributed by atoms with Crippen molar-refractivity contribution in [2.45, 2.75) is 19.4 Å². The molecule has 4 nitrogen and oxygen atoms in total. The van der Waals surface area contributed by atoms with Crippen LogP contribution in [0.15, 0.2) is 52.4 Å². The summed E-state index contributed by atoms with van der Waals surface area (Å²) in [6.45, 7) is 1.53. The molecule has 0 aliphatic rings. The predicted octanol–water partition coefficient (Wildman–Crippen LogP) is 3.05. The highest BCUT2D eigenvalue weighted by molar-refractivity contribution is 7.09. The molecule has 3 rings (SSSR count). The normalized spacial score (nSPS) is 10.9. The van der Waals surface area contributed by atoms with Gasteiger partial charge in [0.05, 0.1) is 6.54 Å². The fourth-order valence-corrected chi connectivity index (χ4v) is 2.78. The van der Waals surface area contributed by atoms with Crippen LogP contribution in [-0.2, 0) is 19.4 Å². The van der Waals surface area contributed by atoms with Crippen LogP contribution in [0, 0.1) is 0 Å². The Labute approximate surface area is 127 Å². The third-order valence-corrected chi connectivity index (χ3v) is 4.06. The Hall–Kier alpha value is -1.98. The molecule has 21 heavy (non-hydrogen) atoms. The van der Waals surface area contributed by atoms with E-state index in [-0.39, 0.29) is 0 Å². The van der Waals surface area contributed by atoms with Crippen molar-refractivity contribution >= 4 is 11.3 Å². The van der Waals surface area contributed by atoms with Gasteiger partial charge in [0.1, 0.15) is 0 Å². The van der Waals surface area contributed by atoms with Crippen molar-refractivity contribution in [3.8, 4) is 0 Å². The molecule has 3 aromatic rings. The number of rotatable bonds is 7. The first-order chi connectivity index (χ1) is 10.4. The van der Waals surface area contributed by atoms with E-state index in [1.165, 1.54) is 10.4 Å². The number of nitrogens with zero attached hydrogens (tertiary/aromatic N) is 2. The number of benzene rings is 1. The second-order valence-corrected chi connectivity index (χ2v) is 5.81. The maximum Gasteiger partial charge on any atom is 0.240 e. The van der Waals surface area contributed by atoms with Gasteiger partial charge in [-0.1, -0.05) is 41.6 Å². The van der Waals surface area contributed by atoms with E-state index in [9.17, 15) is 0 Å². The van der Waals surface area contributed by atoms with Crippen molar-refractivity contribution in [1.82, 2.24) is 15.5 Å². The average Bonchev–Trinajstić information content (AvgIpc) is 3.17. The minimum absolute atomic E-state index is 0.618. The monoisotopic (exact) mass is 299 g/mol. The van der Waals surface area contributed by atoms with Gasteiger partial charge in [0.2, 0.25) is 5.89 Å². The van der Waals surface area contributed by atoms with E-state index in [4.69, 9.17) is 4.52 Å². The van der Waals surface area contributed by atoms with Gasteiger partial charge in [0.15, 0.2) is 5.82 Å². The first-order valence-corrected chi connectivity index (χ1v) is 7.86. The predicted molar refractivity (Wildman–Crippen MR) is 83.3 cm³/mol. The maximum absolute atomic E-state index is 5.25. The molecule has 0 aliphatic carbocycles. The first kappa shape index (κ1) is 14.0. The molecule has 1 N–H and O–H groups in total. The molecule has 0 unspecified atom stereocenters. The summed E-state index contributed by atoms with van der Waals surface area (Å²) >= 11 is 1.78. The lowest BCUT2D eigenvalue weighted by molar-refractivity contribution is 0.364. The Bertz CT molecular complexity index is 649. The summed E-state index contributed by atoms with van der Waals surface area (Å²) in [7, 11) is 0. The smallest absolute Gasteiger partial charge is 0.240 e. The van der Waals surface area contributed by atoms with E-state index in [0.717, 1.165) is 18.8 Å². The highest BCUT2D eigenvalue weighted by Crippen LogP contribution is 2.09. The molecule has 0 spiro atoms. The molecular weight excluding hydrogens is 282 g/mol. The maximum atomic E-state index is 5.25. The van der Waals surface area contributed by atoms with Gasteiger partial charge in [-0.25, -0.2) is 0 Å². The van der Waals surface area contributed by atoms with Crippen LogP contribution in [0.25, 0.3) is 0 Å². The number of thiophene rings is 1. The molecule has 0 saturated carbocycles. The standard InChI is InChI=1S/C16H17N3OS/c1-2-5-13(6-3-1)11-15-18-16(20-19-15)12-17-9-8-14-7-4-10-21-14/h1-7,10,17H,8-9,11-12H2. The van der Waals surface area contributed by atoms with E-state index in [1.54, 1.807) is 11.3 Å². The number of aromatic nitrogens is 2. The topological polar surface area (TPSA) is 51.0 Å². The largest absolute Gasteiger partial charge is 0.338 e. The average molecular weight is 299 g/mol. The van der Waals surface area contributed by atoms with E-state index < -0.39 is 0 Å². The molecule has 1 aromatic carbocycles. The van der Waals surface area contributed by atoms with E-state index >= 15 is 0 Å². The fraction of sp³-hybridized carbons (Fsp3) is 0.250. The van der Waals surface area contributed by atoms with E-state index in [1.807, 2.05) is 18.2 Å². The lowest BCUT2D eigenvalue weighted by Crippen LogP contribution is -2.16. The first-order valence-electron chi connectivity index (χ1n) is 6.98. The molecular formula is C16H17N3OS. The number of hydrogen-bond donors (Lipinski definition) is 1. The Morgan fingerprint density at radius 1 is 1.10 bits per heavy atom. The van der Waals surface area contributed by atoms with Gasteiger partial charge in [-0.05, 0) is 23.4 Å². The second kappa shape index (κ2) is 7.15. The molecule has 0 atom stereocenters. The SMILES string of the molecule is c1ccc(Cc2noc(CNCCc3cccs3)n2)cc1. The second-order valence-electron chi connectivity index (χ2n) is 4.77. The van der Waals surface area contributed by atoms with E-state index in [0.29, 0.717) is 18.9 Å². The Balaban J connectivity index is 1.44. The summed E-state index contributed by atoms with van der Waals surface area (Å²) in [6, 6.07) is 14.4. The van der Waals surface area contributed by atoms with Crippen molar-refractivity contribution in [3.63, 3.8) is 0 Å². The number of nitrogens with one attached hydrogen (secondary N) is 1. The van der Waals surface area contributed by atoms with Gasteiger partial charge in [-0.2, -0.15) is 4.98 Å². The van der Waals surface area contributed by atoms with Crippen LogP contribution in [-0.4, -0.2) is 16.7 Å². The summed E-state index contributed by atoms with van der Waals surface area (Å²) in [6.07, 6.45) is 1.74. The fourth-order valence-electron chi connectivity index (χ4n) is 2.07. The quantitative estimate of drug-likeness (QED) is 0.681. The van der Waals surface area contributed by atoms with Crippen LogP contribution >= 0.6 is 11.3 Å². The summed E-state index contributed by atoms with van der Waals surface area (Å²) in [4.78, 5) is 5.79. The third kappa shape index (κ3) is 4.24. The zero-order valence-electron chi connectivity index (χ0n) is 11.7. The van der Waals surface area contributed by atoms with Crippen molar-refractivity contribution in [2.24, 2.45) is 0 Å². The molecule has 0 radical (unpaired) electrons. The molecule has 0 saturated heterocycles. The highest BCUT2D eigenvalue weighted by Gasteiger charge is 2.06. The van der Waals surface area contributed by atoms with Gasteiger partial charge in [-0.15, -0.1) is 11.3 Å². The molecule has 0 fully saturated rings. The van der Waals surface area contributed by atoms with Crippen LogP contribution in [0.4, 0.5) is 0 Å². The summed E-state index contributed by atoms with van der Waals surface area (Å²) in [5, 5.41) is 9.44. The molecule has 5 heteroatoms. The Morgan fingerprint density at radius 3 is 2.81 bits per heavy atom. The van der Waals surface area contributed by atoms with Gasteiger partial charge < -0.3 is 9.84 Å². The van der Waals surface area contributed by atoms with Crippen LogP contribution in [0.1, 0.15) is 22.2 Å². The van der Waals surface area contributed by atoms with Gasteiger partial charge in [0, 0.05) is 17.8 Å². The summed E-state index contributed by atoms with van der Waals surface area (Å²) < 4.78 is 5.25. The van der Waals surface area contributed by atoms with Gasteiger partial charge in [0.25, 0.3) is 0 Å². The summed E-state index contributed by atoms with van der Waals surface area (Å²) in [5.41, 5.74) is 1.19. The highest BCUT2D eigenvalue weighted by atomic mass is 32.1. The molecule has 2 aromatic heterocycles. The zero-order valence-corrected chi connectivity index (χ0v) is 12.5. The van der Waals surface area contributed by atoms with Gasteiger partial charge >= 0.3 is 0 Å².